The minimum Gasteiger partial charge on any atom is -0.496 e. The Morgan fingerprint density at radius 1 is 0.794 bits per heavy atom. The third-order valence-electron chi connectivity index (χ3n) is 6.67. The van der Waals surface area contributed by atoms with Crippen LogP contribution in [0.2, 0.25) is 0 Å². The van der Waals surface area contributed by atoms with Crippen molar-refractivity contribution < 1.29 is 19.7 Å². The second kappa shape index (κ2) is 11.1. The van der Waals surface area contributed by atoms with Crippen molar-refractivity contribution in [3.8, 4) is 11.5 Å². The lowest BCUT2D eigenvalue weighted by atomic mass is 9.79. The molecule has 2 aromatic carbocycles. The second-order valence-corrected chi connectivity index (χ2v) is 11.6. The molecule has 0 spiro atoms. The number of hydrogen-bond donors (Lipinski definition) is 2. The van der Waals surface area contributed by atoms with Gasteiger partial charge in [-0.05, 0) is 60.6 Å². The predicted octanol–water partition coefficient (Wildman–Crippen LogP) is 6.38. The van der Waals surface area contributed by atoms with E-state index in [2.05, 4.69) is 72.7 Å². The molecule has 0 amide bonds. The van der Waals surface area contributed by atoms with Crippen LogP contribution in [0.3, 0.4) is 0 Å². The molecule has 0 aromatic heterocycles. The first-order chi connectivity index (χ1) is 15.7. The van der Waals surface area contributed by atoms with Crippen LogP contribution in [-0.2, 0) is 17.3 Å². The van der Waals surface area contributed by atoms with Crippen LogP contribution < -0.4 is 9.47 Å². The van der Waals surface area contributed by atoms with Gasteiger partial charge in [-0.2, -0.15) is 0 Å². The van der Waals surface area contributed by atoms with Crippen LogP contribution in [0.25, 0.3) is 0 Å². The molecule has 0 heterocycles. The number of aliphatic hydroxyl groups excluding tert-OH is 2. The van der Waals surface area contributed by atoms with E-state index < -0.39 is 6.10 Å². The van der Waals surface area contributed by atoms with Gasteiger partial charge in [0.25, 0.3) is 0 Å². The topological polar surface area (TPSA) is 58.9 Å². The first-order valence-corrected chi connectivity index (χ1v) is 12.4. The second-order valence-electron chi connectivity index (χ2n) is 11.6. The van der Waals surface area contributed by atoms with Crippen molar-refractivity contribution in [3.05, 3.63) is 57.6 Å². The molecule has 190 valence electrons. The van der Waals surface area contributed by atoms with E-state index in [1.807, 2.05) is 6.92 Å². The molecular formula is C30H46O4. The summed E-state index contributed by atoms with van der Waals surface area (Å²) in [4.78, 5) is 0. The molecule has 0 saturated heterocycles. The largest absolute Gasteiger partial charge is 0.496 e. The van der Waals surface area contributed by atoms with E-state index >= 15 is 0 Å². The molecule has 0 fully saturated rings. The fourth-order valence-electron chi connectivity index (χ4n) is 4.90. The quantitative estimate of drug-likeness (QED) is 0.447. The van der Waals surface area contributed by atoms with Crippen LogP contribution in [0.5, 0.6) is 11.5 Å². The number of aliphatic hydroxyl groups is 2. The van der Waals surface area contributed by atoms with Gasteiger partial charge in [0.05, 0.1) is 20.3 Å². The van der Waals surface area contributed by atoms with E-state index in [0.29, 0.717) is 19.3 Å². The molecule has 0 aliphatic rings. The van der Waals surface area contributed by atoms with Gasteiger partial charge >= 0.3 is 0 Å². The van der Waals surface area contributed by atoms with Crippen molar-refractivity contribution in [2.45, 2.75) is 97.5 Å². The zero-order valence-corrected chi connectivity index (χ0v) is 23.0. The van der Waals surface area contributed by atoms with Gasteiger partial charge in [0.1, 0.15) is 11.5 Å². The summed E-state index contributed by atoms with van der Waals surface area (Å²) in [6.07, 6.45) is 1.22. The molecule has 0 bridgehead atoms. The third kappa shape index (κ3) is 6.55. The summed E-state index contributed by atoms with van der Waals surface area (Å²) < 4.78 is 11.6. The maximum atomic E-state index is 11.3. The molecule has 0 radical (unpaired) electrons. The Hall–Kier alpha value is -2.04. The molecule has 0 aliphatic carbocycles. The average molecular weight is 471 g/mol. The van der Waals surface area contributed by atoms with Gasteiger partial charge in [-0.25, -0.2) is 0 Å². The van der Waals surface area contributed by atoms with E-state index in [4.69, 9.17) is 9.47 Å². The lowest BCUT2D eigenvalue weighted by Crippen LogP contribution is -2.23. The highest BCUT2D eigenvalue weighted by molar-refractivity contribution is 5.49. The lowest BCUT2D eigenvalue weighted by molar-refractivity contribution is 0.117. The molecule has 0 saturated carbocycles. The van der Waals surface area contributed by atoms with E-state index in [9.17, 15) is 10.2 Å². The Kier molecular flexibility index (Phi) is 9.23. The molecule has 2 aromatic rings. The van der Waals surface area contributed by atoms with Gasteiger partial charge in [-0.15, -0.1) is 0 Å². The van der Waals surface area contributed by atoms with Crippen LogP contribution in [-0.4, -0.2) is 37.1 Å². The predicted molar refractivity (Wildman–Crippen MR) is 142 cm³/mol. The summed E-state index contributed by atoms with van der Waals surface area (Å²) in [6, 6.07) is 8.61. The molecule has 4 heteroatoms. The van der Waals surface area contributed by atoms with Crippen molar-refractivity contribution in [3.63, 3.8) is 0 Å². The molecule has 34 heavy (non-hydrogen) atoms. The first-order valence-electron chi connectivity index (χ1n) is 12.4. The van der Waals surface area contributed by atoms with Crippen molar-refractivity contribution >= 4 is 0 Å². The maximum Gasteiger partial charge on any atom is 0.125 e. The minimum absolute atomic E-state index is 0.0274. The average Bonchev–Trinajstić information content (AvgIpc) is 2.73. The van der Waals surface area contributed by atoms with Gasteiger partial charge < -0.3 is 19.7 Å². The van der Waals surface area contributed by atoms with E-state index in [1.165, 1.54) is 11.1 Å². The zero-order chi connectivity index (χ0) is 25.8. The fraction of sp³-hybridized carbons (Fsp3) is 0.600. The lowest BCUT2D eigenvalue weighted by Gasteiger charge is -2.29. The van der Waals surface area contributed by atoms with E-state index in [0.717, 1.165) is 33.8 Å². The number of ether oxygens (including phenoxy) is 2. The highest BCUT2D eigenvalue weighted by atomic mass is 16.5. The van der Waals surface area contributed by atoms with Crippen molar-refractivity contribution in [2.75, 3.05) is 20.8 Å². The van der Waals surface area contributed by atoms with Crippen LogP contribution in [0, 0.1) is 13.8 Å². The Balaban J connectivity index is 2.40. The minimum atomic E-state index is -0.587. The van der Waals surface area contributed by atoms with Gasteiger partial charge in [0.2, 0.25) is 0 Å². The Morgan fingerprint density at radius 2 is 1.35 bits per heavy atom. The van der Waals surface area contributed by atoms with E-state index in [1.54, 1.807) is 14.2 Å². The number of benzene rings is 2. The molecule has 4 nitrogen and oxygen atoms in total. The Labute approximate surface area is 207 Å². The molecule has 2 atom stereocenters. The number of methoxy groups -OCH3 is 2. The van der Waals surface area contributed by atoms with E-state index in [-0.39, 0.29) is 23.4 Å². The smallest absolute Gasteiger partial charge is 0.125 e. The van der Waals surface area contributed by atoms with Crippen LogP contribution >= 0.6 is 0 Å². The number of aryl methyl sites for hydroxylation is 3. The molecule has 2 rings (SSSR count). The SMILES string of the molecule is COc1c(C)cc(C(CCO)C(O)CCc2cc(C)cc(C(C)(C)C)c2OC)cc1C(C)(C)C. The highest BCUT2D eigenvalue weighted by Crippen LogP contribution is 2.39. The summed E-state index contributed by atoms with van der Waals surface area (Å²) in [5.41, 5.74) is 6.60. The molecule has 2 unspecified atom stereocenters. The zero-order valence-electron chi connectivity index (χ0n) is 23.0. The normalized spacial score (nSPS) is 14.1. The molecule has 2 N–H and O–H groups in total. The molecular weight excluding hydrogens is 424 g/mol. The standard InChI is InChI=1S/C30H46O4/c1-19-15-21(28(34-10)24(16-19)29(3,4)5)11-12-26(32)23(13-14-31)22-17-20(2)27(33-9)25(18-22)30(6,7)8/h15-18,23,26,31-32H,11-14H2,1-10H3. The van der Waals surface area contributed by atoms with Crippen LogP contribution in [0.15, 0.2) is 24.3 Å². The monoisotopic (exact) mass is 470 g/mol. The third-order valence-corrected chi connectivity index (χ3v) is 6.67. The van der Waals surface area contributed by atoms with Gasteiger partial charge in [0.15, 0.2) is 0 Å². The maximum absolute atomic E-state index is 11.3. The van der Waals surface area contributed by atoms with Crippen molar-refractivity contribution in [1.82, 2.24) is 0 Å². The van der Waals surface area contributed by atoms with Gasteiger partial charge in [-0.3, -0.25) is 0 Å². The summed E-state index contributed by atoms with van der Waals surface area (Å²) in [5.74, 6) is 1.65. The summed E-state index contributed by atoms with van der Waals surface area (Å²) in [5, 5.41) is 21.2. The highest BCUT2D eigenvalue weighted by Gasteiger charge is 2.27. The fourth-order valence-corrected chi connectivity index (χ4v) is 4.90. The summed E-state index contributed by atoms with van der Waals surface area (Å²) in [7, 11) is 3.43. The first kappa shape index (κ1) is 28.2. The number of hydrogen-bond acceptors (Lipinski definition) is 4. The Bertz CT molecular complexity index is 963. The molecule has 0 aliphatic heterocycles. The van der Waals surface area contributed by atoms with Gasteiger partial charge in [-0.1, -0.05) is 71.4 Å². The number of rotatable bonds is 9. The Morgan fingerprint density at radius 3 is 1.85 bits per heavy atom. The summed E-state index contributed by atoms with van der Waals surface area (Å²) >= 11 is 0. The van der Waals surface area contributed by atoms with Crippen molar-refractivity contribution in [1.29, 1.82) is 0 Å². The summed E-state index contributed by atoms with van der Waals surface area (Å²) in [6.45, 7) is 17.3. The van der Waals surface area contributed by atoms with Crippen LogP contribution in [0.4, 0.5) is 0 Å². The van der Waals surface area contributed by atoms with Crippen molar-refractivity contribution in [2.24, 2.45) is 0 Å². The van der Waals surface area contributed by atoms with Crippen LogP contribution in [0.1, 0.15) is 93.7 Å². The van der Waals surface area contributed by atoms with Gasteiger partial charge in [0, 0.05) is 23.7 Å².